The molecule has 0 spiro atoms. The van der Waals surface area contributed by atoms with E-state index in [1.807, 2.05) is 35.9 Å². The molecule has 0 radical (unpaired) electrons. The summed E-state index contributed by atoms with van der Waals surface area (Å²) >= 11 is 0. The number of benzene rings is 1. The van der Waals surface area contributed by atoms with E-state index < -0.39 is 0 Å². The van der Waals surface area contributed by atoms with E-state index in [0.717, 1.165) is 23.6 Å². The standard InChI is InChI=1S/C14H15N5/c1-19-10-16-18-14(19)9-15-8-12-7-6-11-4-2-3-5-13(11)17-12/h2-7,10,15H,8-9H2,1H3. The van der Waals surface area contributed by atoms with Gasteiger partial charge in [-0.3, -0.25) is 4.98 Å². The normalized spacial score (nSPS) is 11.0. The molecular formula is C14H15N5. The van der Waals surface area contributed by atoms with Gasteiger partial charge in [-0.25, -0.2) is 0 Å². The highest BCUT2D eigenvalue weighted by atomic mass is 15.3. The fourth-order valence-electron chi connectivity index (χ4n) is 1.98. The highest BCUT2D eigenvalue weighted by Crippen LogP contribution is 2.11. The summed E-state index contributed by atoms with van der Waals surface area (Å²) in [5, 5.41) is 12.4. The van der Waals surface area contributed by atoms with Gasteiger partial charge >= 0.3 is 0 Å². The van der Waals surface area contributed by atoms with Gasteiger partial charge in [0.1, 0.15) is 12.2 Å². The van der Waals surface area contributed by atoms with Crippen LogP contribution in [0.2, 0.25) is 0 Å². The largest absolute Gasteiger partial charge is 0.320 e. The SMILES string of the molecule is Cn1cnnc1CNCc1ccc2ccccc2n1. The molecule has 5 nitrogen and oxygen atoms in total. The molecule has 5 heteroatoms. The fraction of sp³-hybridized carbons (Fsp3) is 0.214. The number of nitrogens with one attached hydrogen (secondary N) is 1. The van der Waals surface area contributed by atoms with Gasteiger partial charge in [0, 0.05) is 19.0 Å². The first-order chi connectivity index (χ1) is 9.33. The maximum Gasteiger partial charge on any atom is 0.146 e. The van der Waals surface area contributed by atoms with Crippen LogP contribution in [0, 0.1) is 0 Å². The van der Waals surface area contributed by atoms with E-state index in [0.29, 0.717) is 6.54 Å². The lowest BCUT2D eigenvalue weighted by Crippen LogP contribution is -2.16. The second-order valence-corrected chi connectivity index (χ2v) is 4.46. The Balaban J connectivity index is 1.67. The molecule has 1 N–H and O–H groups in total. The minimum Gasteiger partial charge on any atom is -0.320 e. The third kappa shape index (κ3) is 2.61. The molecule has 0 aliphatic carbocycles. The van der Waals surface area contributed by atoms with Crippen LogP contribution in [0.4, 0.5) is 0 Å². The number of pyridine rings is 1. The highest BCUT2D eigenvalue weighted by Gasteiger charge is 2.01. The summed E-state index contributed by atoms with van der Waals surface area (Å²) in [5.41, 5.74) is 2.06. The first-order valence-corrected chi connectivity index (χ1v) is 6.21. The van der Waals surface area contributed by atoms with Crippen molar-refractivity contribution in [2.24, 2.45) is 7.05 Å². The zero-order valence-electron chi connectivity index (χ0n) is 10.7. The van der Waals surface area contributed by atoms with Gasteiger partial charge in [-0.2, -0.15) is 0 Å². The molecule has 0 bridgehead atoms. The lowest BCUT2D eigenvalue weighted by molar-refractivity contribution is 0.630. The minimum absolute atomic E-state index is 0.686. The van der Waals surface area contributed by atoms with Crippen LogP contribution in [-0.4, -0.2) is 19.7 Å². The molecule has 3 rings (SSSR count). The topological polar surface area (TPSA) is 55.6 Å². The van der Waals surface area contributed by atoms with Crippen molar-refractivity contribution in [3.8, 4) is 0 Å². The van der Waals surface area contributed by atoms with Crippen molar-refractivity contribution in [1.29, 1.82) is 0 Å². The maximum atomic E-state index is 4.61. The Morgan fingerprint density at radius 2 is 2.00 bits per heavy atom. The van der Waals surface area contributed by atoms with Crippen LogP contribution in [-0.2, 0) is 20.1 Å². The van der Waals surface area contributed by atoms with Crippen LogP contribution in [0.3, 0.4) is 0 Å². The summed E-state index contributed by atoms with van der Waals surface area (Å²) in [5.74, 6) is 0.917. The predicted octanol–water partition coefficient (Wildman–Crippen LogP) is 1.65. The van der Waals surface area contributed by atoms with Crippen LogP contribution in [0.5, 0.6) is 0 Å². The van der Waals surface area contributed by atoms with E-state index in [1.165, 1.54) is 5.39 Å². The number of hydrogen-bond acceptors (Lipinski definition) is 4. The first-order valence-electron chi connectivity index (χ1n) is 6.21. The summed E-state index contributed by atoms with van der Waals surface area (Å²) in [6.07, 6.45) is 1.70. The number of hydrogen-bond donors (Lipinski definition) is 1. The van der Waals surface area contributed by atoms with Crippen molar-refractivity contribution in [3.05, 3.63) is 54.2 Å². The average molecular weight is 253 g/mol. The zero-order valence-corrected chi connectivity index (χ0v) is 10.7. The van der Waals surface area contributed by atoms with Gasteiger partial charge in [-0.05, 0) is 12.1 Å². The molecular weight excluding hydrogens is 238 g/mol. The second-order valence-electron chi connectivity index (χ2n) is 4.46. The van der Waals surface area contributed by atoms with Crippen LogP contribution in [0.1, 0.15) is 11.5 Å². The summed E-state index contributed by atoms with van der Waals surface area (Å²) in [4.78, 5) is 4.61. The Bertz CT molecular complexity index is 689. The Labute approximate surface area is 111 Å². The summed E-state index contributed by atoms with van der Waals surface area (Å²) < 4.78 is 1.90. The quantitative estimate of drug-likeness (QED) is 0.768. The third-order valence-corrected chi connectivity index (χ3v) is 3.05. The fourth-order valence-corrected chi connectivity index (χ4v) is 1.98. The average Bonchev–Trinajstić information content (AvgIpc) is 2.84. The summed E-state index contributed by atoms with van der Waals surface area (Å²) in [7, 11) is 1.94. The molecule has 0 saturated heterocycles. The van der Waals surface area contributed by atoms with Crippen molar-refractivity contribution >= 4 is 10.9 Å². The number of fused-ring (bicyclic) bond motifs is 1. The monoisotopic (exact) mass is 253 g/mol. The van der Waals surface area contributed by atoms with Crippen LogP contribution in [0.25, 0.3) is 10.9 Å². The number of nitrogens with zero attached hydrogens (tertiary/aromatic N) is 4. The molecule has 0 saturated carbocycles. The molecule has 0 atom stereocenters. The molecule has 0 aliphatic rings. The van der Waals surface area contributed by atoms with Gasteiger partial charge in [0.2, 0.25) is 0 Å². The molecule has 0 amide bonds. The van der Waals surface area contributed by atoms with E-state index in [9.17, 15) is 0 Å². The van der Waals surface area contributed by atoms with E-state index in [2.05, 4.69) is 32.6 Å². The Hall–Kier alpha value is -2.27. The van der Waals surface area contributed by atoms with Crippen LogP contribution >= 0.6 is 0 Å². The van der Waals surface area contributed by atoms with E-state index in [-0.39, 0.29) is 0 Å². The summed E-state index contributed by atoms with van der Waals surface area (Å²) in [6.45, 7) is 1.41. The molecule has 96 valence electrons. The molecule has 0 unspecified atom stereocenters. The van der Waals surface area contributed by atoms with Crippen molar-refractivity contribution in [2.75, 3.05) is 0 Å². The van der Waals surface area contributed by atoms with Crippen molar-refractivity contribution < 1.29 is 0 Å². The number of aryl methyl sites for hydroxylation is 1. The molecule has 2 aromatic heterocycles. The highest BCUT2D eigenvalue weighted by molar-refractivity contribution is 5.78. The Morgan fingerprint density at radius 1 is 1.11 bits per heavy atom. The van der Waals surface area contributed by atoms with Gasteiger partial charge in [0.15, 0.2) is 0 Å². The lowest BCUT2D eigenvalue weighted by Gasteiger charge is -2.05. The molecule has 2 heterocycles. The van der Waals surface area contributed by atoms with Gasteiger partial charge in [-0.15, -0.1) is 10.2 Å². The van der Waals surface area contributed by atoms with E-state index in [4.69, 9.17) is 0 Å². The third-order valence-electron chi connectivity index (χ3n) is 3.05. The Morgan fingerprint density at radius 3 is 2.84 bits per heavy atom. The van der Waals surface area contributed by atoms with Crippen molar-refractivity contribution in [2.45, 2.75) is 13.1 Å². The summed E-state index contributed by atoms with van der Waals surface area (Å²) in [6, 6.07) is 12.3. The molecule has 1 aromatic carbocycles. The zero-order chi connectivity index (χ0) is 13.1. The minimum atomic E-state index is 0.686. The second kappa shape index (κ2) is 5.16. The van der Waals surface area contributed by atoms with Gasteiger partial charge in [-0.1, -0.05) is 24.3 Å². The number of rotatable bonds is 4. The van der Waals surface area contributed by atoms with Gasteiger partial charge in [0.25, 0.3) is 0 Å². The Kier molecular flexibility index (Phi) is 3.20. The number of aromatic nitrogens is 4. The van der Waals surface area contributed by atoms with Crippen molar-refractivity contribution in [3.63, 3.8) is 0 Å². The lowest BCUT2D eigenvalue weighted by atomic mass is 10.2. The predicted molar refractivity (Wildman–Crippen MR) is 73.3 cm³/mol. The van der Waals surface area contributed by atoms with Crippen LogP contribution in [0.15, 0.2) is 42.7 Å². The molecule has 0 fully saturated rings. The maximum absolute atomic E-state index is 4.61. The van der Waals surface area contributed by atoms with Crippen molar-refractivity contribution in [1.82, 2.24) is 25.1 Å². The smallest absolute Gasteiger partial charge is 0.146 e. The van der Waals surface area contributed by atoms with Gasteiger partial charge in [0.05, 0.1) is 17.8 Å². The van der Waals surface area contributed by atoms with E-state index in [1.54, 1.807) is 6.33 Å². The van der Waals surface area contributed by atoms with E-state index >= 15 is 0 Å². The molecule has 3 aromatic rings. The molecule has 0 aliphatic heterocycles. The van der Waals surface area contributed by atoms with Gasteiger partial charge < -0.3 is 9.88 Å². The number of para-hydroxylation sites is 1. The molecule has 19 heavy (non-hydrogen) atoms. The first kappa shape index (κ1) is 11.8. The van der Waals surface area contributed by atoms with Crippen LogP contribution < -0.4 is 5.32 Å².